The summed E-state index contributed by atoms with van der Waals surface area (Å²) in [4.78, 5) is 35.0. The lowest BCUT2D eigenvalue weighted by atomic mass is 10.2. The Morgan fingerprint density at radius 2 is 1.62 bits per heavy atom. The highest BCUT2D eigenvalue weighted by molar-refractivity contribution is 5.94. The van der Waals surface area contributed by atoms with Crippen LogP contribution in [0.2, 0.25) is 0 Å². The maximum Gasteiger partial charge on any atom is 0.289 e. The first-order valence-electron chi connectivity index (χ1n) is 9.05. The molecule has 26 heavy (non-hydrogen) atoms. The third-order valence-electron chi connectivity index (χ3n) is 5.01. The molecule has 0 bridgehead atoms. The molecule has 0 saturated carbocycles. The average molecular weight is 354 g/mol. The largest absolute Gasteiger partial charge is 0.459 e. The second-order valence-corrected chi connectivity index (χ2v) is 6.66. The van der Waals surface area contributed by atoms with E-state index in [0.29, 0.717) is 37.5 Å². The molecule has 0 radical (unpaired) electrons. The third kappa shape index (κ3) is 3.29. The molecule has 2 aromatic heterocycles. The number of nitrogens with zero attached hydrogens (tertiary/aromatic N) is 4. The van der Waals surface area contributed by atoms with Crippen molar-refractivity contribution in [2.75, 3.05) is 44.2 Å². The standard InChI is InChI=1S/C19H22N4O3/c24-18(22-7-1-2-8-22)15-5-6-17(20-14-15)21-9-11-23(12-10-21)19(25)16-4-3-13-26-16/h3-6,13-14H,1-2,7-12H2. The molecule has 2 saturated heterocycles. The fraction of sp³-hybridized carbons (Fsp3) is 0.421. The smallest absolute Gasteiger partial charge is 0.289 e. The number of aromatic nitrogens is 1. The minimum atomic E-state index is -0.0748. The van der Waals surface area contributed by atoms with Crippen LogP contribution in [0, 0.1) is 0 Å². The van der Waals surface area contributed by atoms with E-state index in [1.807, 2.05) is 17.0 Å². The van der Waals surface area contributed by atoms with E-state index in [1.165, 1.54) is 6.26 Å². The van der Waals surface area contributed by atoms with Crippen molar-refractivity contribution >= 4 is 17.6 Å². The summed E-state index contributed by atoms with van der Waals surface area (Å²) in [5, 5.41) is 0. The Balaban J connectivity index is 1.35. The van der Waals surface area contributed by atoms with Gasteiger partial charge in [0, 0.05) is 45.5 Å². The van der Waals surface area contributed by atoms with Crippen LogP contribution in [0.15, 0.2) is 41.1 Å². The zero-order valence-electron chi connectivity index (χ0n) is 14.6. The summed E-state index contributed by atoms with van der Waals surface area (Å²) in [6, 6.07) is 7.15. The molecule has 7 heteroatoms. The van der Waals surface area contributed by atoms with Crippen LogP contribution in [0.5, 0.6) is 0 Å². The van der Waals surface area contributed by atoms with E-state index in [9.17, 15) is 9.59 Å². The maximum absolute atomic E-state index is 12.4. The van der Waals surface area contributed by atoms with Crippen molar-refractivity contribution in [3.8, 4) is 0 Å². The Bertz CT molecular complexity index is 759. The van der Waals surface area contributed by atoms with E-state index in [2.05, 4.69) is 9.88 Å². The van der Waals surface area contributed by atoms with Crippen LogP contribution in [-0.4, -0.2) is 65.9 Å². The molecule has 2 aromatic rings. The predicted octanol–water partition coefficient (Wildman–Crippen LogP) is 1.87. The van der Waals surface area contributed by atoms with Crippen molar-refractivity contribution < 1.29 is 14.0 Å². The highest BCUT2D eigenvalue weighted by Gasteiger charge is 2.25. The second kappa shape index (κ2) is 7.19. The van der Waals surface area contributed by atoms with Crippen LogP contribution < -0.4 is 4.90 Å². The minimum Gasteiger partial charge on any atom is -0.459 e. The second-order valence-electron chi connectivity index (χ2n) is 6.66. The highest BCUT2D eigenvalue weighted by atomic mass is 16.3. The molecule has 0 unspecified atom stereocenters. The monoisotopic (exact) mass is 354 g/mol. The maximum atomic E-state index is 12.4. The van der Waals surface area contributed by atoms with Crippen molar-refractivity contribution in [2.45, 2.75) is 12.8 Å². The number of amides is 2. The van der Waals surface area contributed by atoms with Gasteiger partial charge in [0.2, 0.25) is 0 Å². The molecular weight excluding hydrogens is 332 g/mol. The molecule has 0 spiro atoms. The predicted molar refractivity (Wildman–Crippen MR) is 96.2 cm³/mol. The molecule has 0 atom stereocenters. The van der Waals surface area contributed by atoms with Gasteiger partial charge in [-0.15, -0.1) is 0 Å². The third-order valence-corrected chi connectivity index (χ3v) is 5.01. The van der Waals surface area contributed by atoms with E-state index < -0.39 is 0 Å². The summed E-state index contributed by atoms with van der Waals surface area (Å²) >= 11 is 0. The summed E-state index contributed by atoms with van der Waals surface area (Å²) in [7, 11) is 0. The quantitative estimate of drug-likeness (QED) is 0.842. The molecule has 0 N–H and O–H groups in total. The number of piperazine rings is 1. The number of hydrogen-bond donors (Lipinski definition) is 0. The number of hydrogen-bond acceptors (Lipinski definition) is 5. The van der Waals surface area contributed by atoms with Gasteiger partial charge < -0.3 is 19.1 Å². The SMILES string of the molecule is O=C(c1ccc(N2CCN(C(=O)c3ccco3)CC2)nc1)N1CCCC1. The highest BCUT2D eigenvalue weighted by Crippen LogP contribution is 2.18. The lowest BCUT2D eigenvalue weighted by Crippen LogP contribution is -2.49. The molecular formula is C19H22N4O3. The summed E-state index contributed by atoms with van der Waals surface area (Å²) in [6.45, 7) is 4.33. The van der Waals surface area contributed by atoms with Gasteiger partial charge in [-0.05, 0) is 37.1 Å². The summed E-state index contributed by atoms with van der Waals surface area (Å²) in [6.07, 6.45) is 5.34. The number of anilines is 1. The van der Waals surface area contributed by atoms with Crippen LogP contribution in [0.3, 0.4) is 0 Å². The van der Waals surface area contributed by atoms with Gasteiger partial charge in [-0.3, -0.25) is 9.59 Å². The van der Waals surface area contributed by atoms with Crippen molar-refractivity contribution in [3.05, 3.63) is 48.0 Å². The van der Waals surface area contributed by atoms with Crippen molar-refractivity contribution in [2.24, 2.45) is 0 Å². The van der Waals surface area contributed by atoms with E-state index in [4.69, 9.17) is 4.42 Å². The molecule has 2 aliphatic heterocycles. The summed E-state index contributed by atoms with van der Waals surface area (Å²) in [5.41, 5.74) is 0.641. The zero-order chi connectivity index (χ0) is 17.9. The van der Waals surface area contributed by atoms with Gasteiger partial charge in [-0.1, -0.05) is 0 Å². The molecule has 4 rings (SSSR count). The number of carbonyl (C=O) groups excluding carboxylic acids is 2. The van der Waals surface area contributed by atoms with Gasteiger partial charge >= 0.3 is 0 Å². The minimum absolute atomic E-state index is 0.0652. The van der Waals surface area contributed by atoms with Crippen LogP contribution in [-0.2, 0) is 0 Å². The van der Waals surface area contributed by atoms with E-state index in [-0.39, 0.29) is 11.8 Å². The van der Waals surface area contributed by atoms with Gasteiger partial charge in [-0.2, -0.15) is 0 Å². The van der Waals surface area contributed by atoms with Gasteiger partial charge in [0.25, 0.3) is 11.8 Å². The Hall–Kier alpha value is -2.83. The van der Waals surface area contributed by atoms with Crippen molar-refractivity contribution in [1.29, 1.82) is 0 Å². The fourth-order valence-corrected chi connectivity index (χ4v) is 3.50. The molecule has 7 nitrogen and oxygen atoms in total. The van der Waals surface area contributed by atoms with Crippen LogP contribution in [0.4, 0.5) is 5.82 Å². The molecule has 0 aliphatic carbocycles. The van der Waals surface area contributed by atoms with Crippen LogP contribution in [0.1, 0.15) is 33.8 Å². The van der Waals surface area contributed by atoms with Crippen molar-refractivity contribution in [1.82, 2.24) is 14.8 Å². The molecule has 2 fully saturated rings. The number of carbonyl (C=O) groups is 2. The molecule has 136 valence electrons. The molecule has 0 aromatic carbocycles. The van der Waals surface area contributed by atoms with Gasteiger partial charge in [0.1, 0.15) is 5.82 Å². The molecule has 2 aliphatic rings. The number of rotatable bonds is 3. The number of likely N-dealkylation sites (tertiary alicyclic amines) is 1. The Morgan fingerprint density at radius 3 is 2.23 bits per heavy atom. The molecule has 2 amide bonds. The average Bonchev–Trinajstić information content (AvgIpc) is 3.41. The first kappa shape index (κ1) is 16.6. The van der Waals surface area contributed by atoms with Crippen molar-refractivity contribution in [3.63, 3.8) is 0 Å². The lowest BCUT2D eigenvalue weighted by Gasteiger charge is -2.35. The van der Waals surface area contributed by atoms with Gasteiger partial charge in [-0.25, -0.2) is 4.98 Å². The van der Waals surface area contributed by atoms with E-state index in [0.717, 1.165) is 31.7 Å². The van der Waals surface area contributed by atoms with E-state index in [1.54, 1.807) is 23.2 Å². The fourth-order valence-electron chi connectivity index (χ4n) is 3.50. The zero-order valence-corrected chi connectivity index (χ0v) is 14.6. The Labute approximate surface area is 152 Å². The lowest BCUT2D eigenvalue weighted by molar-refractivity contribution is 0.0713. The summed E-state index contributed by atoms with van der Waals surface area (Å²) in [5.74, 6) is 1.21. The number of furan rings is 1. The van der Waals surface area contributed by atoms with E-state index >= 15 is 0 Å². The van der Waals surface area contributed by atoms with Gasteiger partial charge in [0.05, 0.1) is 11.8 Å². The molecule has 4 heterocycles. The topological polar surface area (TPSA) is 69.9 Å². The first-order valence-corrected chi connectivity index (χ1v) is 9.05. The summed E-state index contributed by atoms with van der Waals surface area (Å²) < 4.78 is 5.18. The van der Waals surface area contributed by atoms with Crippen LogP contribution in [0.25, 0.3) is 0 Å². The Morgan fingerprint density at radius 1 is 0.885 bits per heavy atom. The Kier molecular flexibility index (Phi) is 4.60. The normalized spacial score (nSPS) is 17.6. The van der Waals surface area contributed by atoms with Gasteiger partial charge in [0.15, 0.2) is 5.76 Å². The first-order chi connectivity index (χ1) is 12.7. The van der Waals surface area contributed by atoms with Crippen LogP contribution >= 0.6 is 0 Å². The number of pyridine rings is 1.